The van der Waals surface area contributed by atoms with Crippen molar-refractivity contribution in [2.75, 3.05) is 0 Å². The molecule has 0 bridgehead atoms. The SMILES string of the molecule is O=C([O-])CC[C@H](NC(=O)c1ccccc1C(=O)O)C(=O)[O-]. The highest BCUT2D eigenvalue weighted by molar-refractivity contribution is 6.05. The summed E-state index contributed by atoms with van der Waals surface area (Å²) < 4.78 is 0. The van der Waals surface area contributed by atoms with Gasteiger partial charge in [0.05, 0.1) is 23.1 Å². The topological polar surface area (TPSA) is 147 Å². The van der Waals surface area contributed by atoms with Crippen LogP contribution < -0.4 is 15.5 Å². The van der Waals surface area contributed by atoms with Gasteiger partial charge in [0.2, 0.25) is 0 Å². The van der Waals surface area contributed by atoms with E-state index in [-0.39, 0.29) is 11.1 Å². The summed E-state index contributed by atoms with van der Waals surface area (Å²) in [7, 11) is 0. The van der Waals surface area contributed by atoms with Crippen LogP contribution in [0.2, 0.25) is 0 Å². The number of carboxylic acid groups (broad SMARTS) is 3. The van der Waals surface area contributed by atoms with Gasteiger partial charge in [0.1, 0.15) is 0 Å². The standard InChI is InChI=1S/C13H13NO7/c15-10(16)6-5-9(13(20)21)14-11(17)7-3-1-2-4-8(7)12(18)19/h1-4,9H,5-6H2,(H,14,17)(H,15,16)(H,18,19)(H,20,21)/p-2/t9-/m0/s1. The van der Waals surface area contributed by atoms with Crippen LogP contribution in [-0.4, -0.2) is 35.0 Å². The minimum absolute atomic E-state index is 0.232. The second-order valence-electron chi connectivity index (χ2n) is 4.11. The zero-order chi connectivity index (χ0) is 16.0. The van der Waals surface area contributed by atoms with Crippen LogP contribution in [0.15, 0.2) is 24.3 Å². The van der Waals surface area contributed by atoms with Crippen molar-refractivity contribution in [3.63, 3.8) is 0 Å². The summed E-state index contributed by atoms with van der Waals surface area (Å²) in [5.74, 6) is -5.43. The van der Waals surface area contributed by atoms with Gasteiger partial charge in [0, 0.05) is 5.97 Å². The summed E-state index contributed by atoms with van der Waals surface area (Å²) >= 11 is 0. The van der Waals surface area contributed by atoms with E-state index in [2.05, 4.69) is 0 Å². The zero-order valence-electron chi connectivity index (χ0n) is 10.7. The maximum atomic E-state index is 11.9. The highest BCUT2D eigenvalue weighted by atomic mass is 16.4. The van der Waals surface area contributed by atoms with Gasteiger partial charge in [-0.1, -0.05) is 12.1 Å². The van der Waals surface area contributed by atoms with Gasteiger partial charge in [0.15, 0.2) is 0 Å². The highest BCUT2D eigenvalue weighted by Gasteiger charge is 2.19. The molecule has 8 nitrogen and oxygen atoms in total. The van der Waals surface area contributed by atoms with Crippen molar-refractivity contribution in [3.8, 4) is 0 Å². The number of hydrogen-bond acceptors (Lipinski definition) is 6. The van der Waals surface area contributed by atoms with E-state index in [0.717, 1.165) is 0 Å². The van der Waals surface area contributed by atoms with E-state index in [1.54, 1.807) is 0 Å². The monoisotopic (exact) mass is 293 g/mol. The number of carboxylic acids is 3. The molecule has 0 aliphatic heterocycles. The van der Waals surface area contributed by atoms with Gasteiger partial charge in [-0.15, -0.1) is 0 Å². The molecule has 0 radical (unpaired) electrons. The van der Waals surface area contributed by atoms with Crippen LogP contribution in [0.5, 0.6) is 0 Å². The molecule has 21 heavy (non-hydrogen) atoms. The van der Waals surface area contributed by atoms with Crippen LogP contribution in [0.25, 0.3) is 0 Å². The molecule has 0 heterocycles. The molecule has 0 aliphatic rings. The minimum atomic E-state index is -1.67. The van der Waals surface area contributed by atoms with Gasteiger partial charge in [0.25, 0.3) is 5.91 Å². The lowest BCUT2D eigenvalue weighted by atomic mass is 10.1. The van der Waals surface area contributed by atoms with Gasteiger partial charge in [-0.2, -0.15) is 0 Å². The van der Waals surface area contributed by atoms with Gasteiger partial charge in [-0.05, 0) is 25.0 Å². The summed E-state index contributed by atoms with van der Waals surface area (Å²) in [5, 5.41) is 32.1. The number of benzene rings is 1. The zero-order valence-corrected chi connectivity index (χ0v) is 10.7. The van der Waals surface area contributed by atoms with Crippen molar-refractivity contribution in [2.24, 2.45) is 0 Å². The first-order valence-electron chi connectivity index (χ1n) is 5.86. The Bertz CT molecular complexity index is 582. The lowest BCUT2D eigenvalue weighted by molar-refractivity contribution is -0.309. The summed E-state index contributed by atoms with van der Waals surface area (Å²) in [6.07, 6.45) is -1.01. The Morgan fingerprint density at radius 3 is 2.14 bits per heavy atom. The second kappa shape index (κ2) is 7.04. The first kappa shape index (κ1) is 16.2. The Kier molecular flexibility index (Phi) is 5.41. The Morgan fingerprint density at radius 2 is 1.67 bits per heavy atom. The van der Waals surface area contributed by atoms with Crippen molar-refractivity contribution < 1.29 is 34.5 Å². The van der Waals surface area contributed by atoms with Crippen molar-refractivity contribution >= 4 is 23.8 Å². The number of aromatic carboxylic acids is 1. The summed E-state index contributed by atoms with van der Waals surface area (Å²) in [6, 6.07) is 3.66. The number of aliphatic carboxylic acids is 2. The number of nitrogens with one attached hydrogen (secondary N) is 1. The van der Waals surface area contributed by atoms with Crippen molar-refractivity contribution in [2.45, 2.75) is 18.9 Å². The molecule has 1 amide bonds. The Morgan fingerprint density at radius 1 is 1.10 bits per heavy atom. The number of carbonyl (C=O) groups is 4. The predicted octanol–water partition coefficient (Wildman–Crippen LogP) is -2.24. The van der Waals surface area contributed by atoms with Crippen LogP contribution in [0, 0.1) is 0 Å². The Balaban J connectivity index is 2.90. The van der Waals surface area contributed by atoms with Crippen LogP contribution >= 0.6 is 0 Å². The molecule has 0 aromatic heterocycles. The van der Waals surface area contributed by atoms with Gasteiger partial charge in [-0.3, -0.25) is 4.79 Å². The average molecular weight is 293 g/mol. The first-order valence-corrected chi connectivity index (χ1v) is 5.86. The number of hydrogen-bond donors (Lipinski definition) is 2. The third kappa shape index (κ3) is 4.60. The molecule has 1 rings (SSSR count). The fraction of sp³-hybridized carbons (Fsp3) is 0.231. The highest BCUT2D eigenvalue weighted by Crippen LogP contribution is 2.09. The molecular weight excluding hydrogens is 282 g/mol. The molecule has 8 heteroatoms. The molecule has 0 saturated heterocycles. The first-order chi connectivity index (χ1) is 9.82. The van der Waals surface area contributed by atoms with Crippen LogP contribution in [0.4, 0.5) is 0 Å². The molecule has 0 spiro atoms. The van der Waals surface area contributed by atoms with Crippen LogP contribution in [0.3, 0.4) is 0 Å². The maximum Gasteiger partial charge on any atom is 0.336 e. The van der Waals surface area contributed by atoms with E-state index >= 15 is 0 Å². The lowest BCUT2D eigenvalue weighted by Crippen LogP contribution is -2.48. The van der Waals surface area contributed by atoms with Crippen molar-refractivity contribution in [3.05, 3.63) is 35.4 Å². The average Bonchev–Trinajstić information content (AvgIpc) is 2.42. The fourth-order valence-electron chi connectivity index (χ4n) is 1.61. The number of rotatable bonds is 7. The number of amides is 1. The quantitative estimate of drug-likeness (QED) is 0.577. The molecule has 0 unspecified atom stereocenters. The second-order valence-corrected chi connectivity index (χ2v) is 4.11. The summed E-state index contributed by atoms with van der Waals surface area (Å²) in [6.45, 7) is 0. The molecule has 0 aliphatic carbocycles. The van der Waals surface area contributed by atoms with E-state index in [0.29, 0.717) is 0 Å². The molecule has 112 valence electrons. The molecule has 2 N–H and O–H groups in total. The van der Waals surface area contributed by atoms with E-state index < -0.39 is 42.7 Å². The van der Waals surface area contributed by atoms with Crippen LogP contribution in [-0.2, 0) is 9.59 Å². The predicted molar refractivity (Wildman–Crippen MR) is 63.9 cm³/mol. The van der Waals surface area contributed by atoms with Crippen molar-refractivity contribution in [1.82, 2.24) is 5.32 Å². The Hall–Kier alpha value is -2.90. The smallest absolute Gasteiger partial charge is 0.336 e. The maximum absolute atomic E-state index is 11.9. The summed E-state index contributed by atoms with van der Waals surface area (Å²) in [4.78, 5) is 44.0. The van der Waals surface area contributed by atoms with Crippen LogP contribution in [0.1, 0.15) is 33.6 Å². The summed E-state index contributed by atoms with van der Waals surface area (Å²) in [5.41, 5.74) is -0.531. The minimum Gasteiger partial charge on any atom is -0.550 e. The lowest BCUT2D eigenvalue weighted by Gasteiger charge is -2.20. The number of carbonyl (C=O) groups excluding carboxylic acids is 3. The third-order valence-electron chi connectivity index (χ3n) is 2.63. The normalized spacial score (nSPS) is 11.4. The molecule has 1 aromatic carbocycles. The van der Waals surface area contributed by atoms with Gasteiger partial charge in [-0.25, -0.2) is 4.79 Å². The molecule has 0 saturated carbocycles. The van der Waals surface area contributed by atoms with E-state index in [4.69, 9.17) is 5.11 Å². The molecule has 0 fully saturated rings. The van der Waals surface area contributed by atoms with E-state index in [1.807, 2.05) is 5.32 Å². The van der Waals surface area contributed by atoms with Gasteiger partial charge >= 0.3 is 5.97 Å². The van der Waals surface area contributed by atoms with Gasteiger partial charge < -0.3 is 30.2 Å². The van der Waals surface area contributed by atoms with E-state index in [1.165, 1.54) is 24.3 Å². The molecule has 1 aromatic rings. The third-order valence-corrected chi connectivity index (χ3v) is 2.63. The Labute approximate surface area is 119 Å². The molecular formula is C13H11NO7-2. The van der Waals surface area contributed by atoms with Crippen molar-refractivity contribution in [1.29, 1.82) is 0 Å². The fourth-order valence-corrected chi connectivity index (χ4v) is 1.61. The molecule has 1 atom stereocenters. The largest absolute Gasteiger partial charge is 0.550 e. The van der Waals surface area contributed by atoms with E-state index in [9.17, 15) is 29.4 Å².